The summed E-state index contributed by atoms with van der Waals surface area (Å²) in [6.45, 7) is 9.65. The fourth-order valence-corrected chi connectivity index (χ4v) is 3.15. The second kappa shape index (κ2) is 6.01. The van der Waals surface area contributed by atoms with E-state index in [-0.39, 0.29) is 11.5 Å². The number of nitrogens with zero attached hydrogens (tertiary/aromatic N) is 4. The van der Waals surface area contributed by atoms with Crippen LogP contribution in [-0.2, 0) is 12.5 Å². The van der Waals surface area contributed by atoms with E-state index in [0.717, 1.165) is 24.4 Å². The molecule has 0 fully saturated rings. The standard InChI is InChI=1S/C14H23N5S/c1-6-8-15-11(10-7-9-16-19(10)5)12-13(14(2,3)4)17-18-20-12/h7,9,11,15H,6,8H2,1-5H3. The maximum Gasteiger partial charge on any atom is 0.0877 e. The van der Waals surface area contributed by atoms with Crippen molar-refractivity contribution < 1.29 is 0 Å². The third-order valence-electron chi connectivity index (χ3n) is 3.24. The molecule has 110 valence electrons. The molecule has 0 amide bonds. The van der Waals surface area contributed by atoms with Crippen molar-refractivity contribution in [3.8, 4) is 0 Å². The smallest absolute Gasteiger partial charge is 0.0877 e. The summed E-state index contributed by atoms with van der Waals surface area (Å²) < 4.78 is 6.10. The minimum atomic E-state index is -0.00687. The van der Waals surface area contributed by atoms with E-state index in [9.17, 15) is 0 Å². The van der Waals surface area contributed by atoms with Crippen molar-refractivity contribution in [2.24, 2.45) is 7.05 Å². The molecule has 0 aliphatic rings. The van der Waals surface area contributed by atoms with E-state index in [1.54, 1.807) is 0 Å². The molecule has 20 heavy (non-hydrogen) atoms. The zero-order valence-corrected chi connectivity index (χ0v) is 13.7. The third kappa shape index (κ3) is 3.07. The van der Waals surface area contributed by atoms with E-state index in [4.69, 9.17) is 0 Å². The number of aromatic nitrogens is 4. The Morgan fingerprint density at radius 1 is 1.40 bits per heavy atom. The summed E-state index contributed by atoms with van der Waals surface area (Å²) in [5.74, 6) is 0. The first-order valence-corrected chi connectivity index (χ1v) is 7.76. The van der Waals surface area contributed by atoms with Gasteiger partial charge in [-0.1, -0.05) is 32.2 Å². The highest BCUT2D eigenvalue weighted by Gasteiger charge is 2.29. The Hall–Kier alpha value is -1.27. The first-order valence-electron chi connectivity index (χ1n) is 6.99. The zero-order chi connectivity index (χ0) is 14.8. The molecule has 5 nitrogen and oxygen atoms in total. The van der Waals surface area contributed by atoms with Crippen LogP contribution in [0.1, 0.15) is 56.4 Å². The maximum absolute atomic E-state index is 4.35. The third-order valence-corrected chi connectivity index (χ3v) is 4.03. The molecule has 0 bridgehead atoms. The Balaban J connectivity index is 2.42. The molecule has 2 aromatic rings. The van der Waals surface area contributed by atoms with Crippen molar-refractivity contribution in [2.45, 2.75) is 45.6 Å². The molecule has 0 saturated heterocycles. The van der Waals surface area contributed by atoms with Gasteiger partial charge in [-0.25, -0.2) is 0 Å². The highest BCUT2D eigenvalue weighted by Crippen LogP contribution is 2.33. The molecule has 0 aliphatic carbocycles. The molecule has 6 heteroatoms. The zero-order valence-electron chi connectivity index (χ0n) is 12.8. The molecule has 0 spiro atoms. The van der Waals surface area contributed by atoms with Crippen molar-refractivity contribution in [2.75, 3.05) is 6.54 Å². The Morgan fingerprint density at radius 2 is 2.15 bits per heavy atom. The predicted octanol–water partition coefficient (Wildman–Crippen LogP) is 2.66. The Morgan fingerprint density at radius 3 is 2.70 bits per heavy atom. The topological polar surface area (TPSA) is 55.6 Å². The second-order valence-electron chi connectivity index (χ2n) is 6.00. The van der Waals surface area contributed by atoms with Gasteiger partial charge in [-0.2, -0.15) is 5.10 Å². The van der Waals surface area contributed by atoms with Gasteiger partial charge in [0.1, 0.15) is 0 Å². The normalized spacial score (nSPS) is 13.7. The van der Waals surface area contributed by atoms with E-state index in [1.807, 2.05) is 17.9 Å². The van der Waals surface area contributed by atoms with E-state index >= 15 is 0 Å². The molecule has 1 N–H and O–H groups in total. The number of rotatable bonds is 5. The summed E-state index contributed by atoms with van der Waals surface area (Å²) in [4.78, 5) is 1.19. The minimum absolute atomic E-state index is 0.00687. The highest BCUT2D eigenvalue weighted by atomic mass is 32.1. The van der Waals surface area contributed by atoms with Gasteiger partial charge in [-0.15, -0.1) is 5.10 Å². The number of aryl methyl sites for hydroxylation is 1. The van der Waals surface area contributed by atoms with Gasteiger partial charge in [-0.05, 0) is 30.6 Å². The molecule has 2 rings (SSSR count). The largest absolute Gasteiger partial charge is 0.304 e. The van der Waals surface area contributed by atoms with E-state index in [1.165, 1.54) is 16.4 Å². The van der Waals surface area contributed by atoms with Crippen molar-refractivity contribution in [3.63, 3.8) is 0 Å². The SMILES string of the molecule is CCCNC(c1snnc1C(C)(C)C)c1ccnn1C. The quantitative estimate of drug-likeness (QED) is 0.921. The van der Waals surface area contributed by atoms with Gasteiger partial charge in [0.2, 0.25) is 0 Å². The van der Waals surface area contributed by atoms with Gasteiger partial charge in [0.25, 0.3) is 0 Å². The first kappa shape index (κ1) is 15.1. The van der Waals surface area contributed by atoms with E-state index in [2.05, 4.69) is 53.8 Å². The van der Waals surface area contributed by atoms with Crippen LogP contribution in [-0.4, -0.2) is 25.9 Å². The summed E-state index contributed by atoms with van der Waals surface area (Å²) in [5, 5.41) is 12.2. The molecule has 0 saturated carbocycles. The van der Waals surface area contributed by atoms with Gasteiger partial charge in [0, 0.05) is 18.7 Å². The molecule has 1 unspecified atom stereocenters. The Bertz CT molecular complexity index is 552. The maximum atomic E-state index is 4.35. The van der Waals surface area contributed by atoms with Crippen molar-refractivity contribution in [1.82, 2.24) is 24.7 Å². The van der Waals surface area contributed by atoms with Crippen LogP contribution in [0.2, 0.25) is 0 Å². The van der Waals surface area contributed by atoms with E-state index in [0.29, 0.717) is 0 Å². The summed E-state index contributed by atoms with van der Waals surface area (Å²) >= 11 is 1.48. The summed E-state index contributed by atoms with van der Waals surface area (Å²) in [6.07, 6.45) is 2.92. The monoisotopic (exact) mass is 293 g/mol. The highest BCUT2D eigenvalue weighted by molar-refractivity contribution is 7.05. The lowest BCUT2D eigenvalue weighted by atomic mass is 9.89. The van der Waals surface area contributed by atoms with Gasteiger partial charge in [-0.3, -0.25) is 4.68 Å². The van der Waals surface area contributed by atoms with Gasteiger partial charge < -0.3 is 5.32 Å². The van der Waals surface area contributed by atoms with Crippen LogP contribution in [0.3, 0.4) is 0 Å². The molecular formula is C14H23N5S. The van der Waals surface area contributed by atoms with Gasteiger partial charge >= 0.3 is 0 Å². The average molecular weight is 293 g/mol. The molecule has 2 heterocycles. The lowest BCUT2D eigenvalue weighted by Gasteiger charge is -2.22. The van der Waals surface area contributed by atoms with Crippen LogP contribution in [0.4, 0.5) is 0 Å². The lowest BCUT2D eigenvalue weighted by Crippen LogP contribution is -2.27. The molecule has 1 atom stereocenters. The van der Waals surface area contributed by atoms with Crippen LogP contribution >= 0.6 is 11.5 Å². The second-order valence-corrected chi connectivity index (χ2v) is 6.79. The van der Waals surface area contributed by atoms with Crippen molar-refractivity contribution in [3.05, 3.63) is 28.5 Å². The summed E-state index contributed by atoms with van der Waals surface area (Å²) in [7, 11) is 1.97. The van der Waals surface area contributed by atoms with Crippen LogP contribution in [0, 0.1) is 0 Å². The molecule has 0 aromatic carbocycles. The van der Waals surface area contributed by atoms with Gasteiger partial charge in [0.05, 0.1) is 22.3 Å². The first-order chi connectivity index (χ1) is 9.45. The number of nitrogens with one attached hydrogen (secondary N) is 1. The van der Waals surface area contributed by atoms with Crippen LogP contribution in [0.15, 0.2) is 12.3 Å². The Labute approximate surface area is 124 Å². The van der Waals surface area contributed by atoms with E-state index < -0.39 is 0 Å². The minimum Gasteiger partial charge on any atom is -0.304 e. The van der Waals surface area contributed by atoms with Crippen molar-refractivity contribution in [1.29, 1.82) is 0 Å². The fraction of sp³-hybridized carbons (Fsp3) is 0.643. The van der Waals surface area contributed by atoms with Crippen LogP contribution < -0.4 is 5.32 Å². The molecule has 0 aliphatic heterocycles. The average Bonchev–Trinajstić information content (AvgIpc) is 2.99. The van der Waals surface area contributed by atoms with Crippen LogP contribution in [0.5, 0.6) is 0 Å². The Kier molecular flexibility index (Phi) is 4.55. The fourth-order valence-electron chi connectivity index (χ4n) is 2.19. The summed E-state index contributed by atoms with van der Waals surface area (Å²) in [5.41, 5.74) is 2.21. The predicted molar refractivity (Wildman–Crippen MR) is 82.0 cm³/mol. The number of hydrogen-bond donors (Lipinski definition) is 1. The lowest BCUT2D eigenvalue weighted by molar-refractivity contribution is 0.522. The number of hydrogen-bond acceptors (Lipinski definition) is 5. The van der Waals surface area contributed by atoms with Gasteiger partial charge in [0.15, 0.2) is 0 Å². The summed E-state index contributed by atoms with van der Waals surface area (Å²) in [6, 6.07) is 2.16. The van der Waals surface area contributed by atoms with Crippen LogP contribution in [0.25, 0.3) is 0 Å². The molecular weight excluding hydrogens is 270 g/mol. The van der Waals surface area contributed by atoms with Crippen molar-refractivity contribution >= 4 is 11.5 Å². The molecule has 2 aromatic heterocycles. The molecule has 0 radical (unpaired) electrons.